The molecule has 0 radical (unpaired) electrons. The molecule has 9 heteroatoms. The highest BCUT2D eigenvalue weighted by Gasteiger charge is 2.19. The Bertz CT molecular complexity index is 988. The summed E-state index contributed by atoms with van der Waals surface area (Å²) in [6.45, 7) is 0. The highest BCUT2D eigenvalue weighted by atomic mass is 32.2. The maximum atomic E-state index is 11.6. The topological polar surface area (TPSA) is 84.7 Å². The van der Waals surface area contributed by atoms with Gasteiger partial charge in [0.25, 0.3) is 0 Å². The first-order valence-electron chi connectivity index (χ1n) is 8.63. The molecule has 0 aliphatic heterocycles. The standard InChI is InChI=1S/C20H21N3O5S/c1-25-15-8-6-14(7-9-15)23-19(21-22-20(23)29-12-18(24)28-4)13-5-10-16(26-2)17(11-13)27-3/h5-11H,12H2,1-4H3. The Morgan fingerprint density at radius 1 is 0.931 bits per heavy atom. The van der Waals surface area contributed by atoms with Gasteiger partial charge in [0.05, 0.1) is 34.2 Å². The molecular weight excluding hydrogens is 394 g/mol. The molecule has 0 N–H and O–H groups in total. The Hall–Kier alpha value is -3.20. The summed E-state index contributed by atoms with van der Waals surface area (Å²) < 4.78 is 22.6. The number of ether oxygens (including phenoxy) is 4. The van der Waals surface area contributed by atoms with E-state index in [1.54, 1.807) is 21.3 Å². The molecule has 0 amide bonds. The summed E-state index contributed by atoms with van der Waals surface area (Å²) in [5.41, 5.74) is 1.61. The third kappa shape index (κ3) is 4.45. The van der Waals surface area contributed by atoms with Crippen LogP contribution in [0.1, 0.15) is 0 Å². The van der Waals surface area contributed by atoms with Crippen molar-refractivity contribution in [1.82, 2.24) is 14.8 Å². The van der Waals surface area contributed by atoms with Gasteiger partial charge >= 0.3 is 5.97 Å². The zero-order chi connectivity index (χ0) is 20.8. The highest BCUT2D eigenvalue weighted by Crippen LogP contribution is 2.34. The number of carbonyl (C=O) groups is 1. The zero-order valence-electron chi connectivity index (χ0n) is 16.5. The molecule has 152 valence electrons. The molecule has 8 nitrogen and oxygen atoms in total. The van der Waals surface area contributed by atoms with Crippen molar-refractivity contribution in [2.45, 2.75) is 5.16 Å². The molecule has 29 heavy (non-hydrogen) atoms. The number of rotatable bonds is 8. The molecule has 0 bridgehead atoms. The van der Waals surface area contributed by atoms with Crippen LogP contribution in [0.5, 0.6) is 17.2 Å². The first-order valence-corrected chi connectivity index (χ1v) is 9.61. The van der Waals surface area contributed by atoms with Crippen molar-refractivity contribution in [1.29, 1.82) is 0 Å². The second kappa shape index (κ2) is 9.33. The van der Waals surface area contributed by atoms with Crippen LogP contribution >= 0.6 is 11.8 Å². The number of thioether (sulfide) groups is 1. The quantitative estimate of drug-likeness (QED) is 0.410. The number of aromatic nitrogens is 3. The molecule has 1 heterocycles. The van der Waals surface area contributed by atoms with Gasteiger partial charge in [-0.25, -0.2) is 0 Å². The molecule has 2 aromatic carbocycles. The van der Waals surface area contributed by atoms with E-state index < -0.39 is 0 Å². The van der Waals surface area contributed by atoms with Crippen molar-refractivity contribution in [3.63, 3.8) is 0 Å². The minimum Gasteiger partial charge on any atom is -0.497 e. The molecule has 0 aliphatic rings. The second-order valence-electron chi connectivity index (χ2n) is 5.77. The minimum atomic E-state index is -0.341. The first kappa shape index (κ1) is 20.5. The molecule has 3 rings (SSSR count). The summed E-state index contributed by atoms with van der Waals surface area (Å²) in [6, 6.07) is 13.0. The smallest absolute Gasteiger partial charge is 0.316 e. The van der Waals surface area contributed by atoms with Crippen molar-refractivity contribution in [3.05, 3.63) is 42.5 Å². The van der Waals surface area contributed by atoms with Gasteiger partial charge in [-0.3, -0.25) is 9.36 Å². The second-order valence-corrected chi connectivity index (χ2v) is 6.72. The zero-order valence-corrected chi connectivity index (χ0v) is 17.4. The van der Waals surface area contributed by atoms with Gasteiger partial charge in [-0.2, -0.15) is 0 Å². The van der Waals surface area contributed by atoms with Crippen molar-refractivity contribution in [2.24, 2.45) is 0 Å². The van der Waals surface area contributed by atoms with Crippen LogP contribution in [0.2, 0.25) is 0 Å². The lowest BCUT2D eigenvalue weighted by molar-refractivity contribution is -0.137. The summed E-state index contributed by atoms with van der Waals surface area (Å²) in [5.74, 6) is 2.32. The summed E-state index contributed by atoms with van der Waals surface area (Å²) >= 11 is 1.25. The number of benzene rings is 2. The predicted octanol–water partition coefficient (Wildman–Crippen LogP) is 3.23. The van der Waals surface area contributed by atoms with E-state index in [1.807, 2.05) is 47.0 Å². The van der Waals surface area contributed by atoms with Gasteiger partial charge in [0, 0.05) is 11.3 Å². The Kier molecular flexibility index (Phi) is 6.61. The largest absolute Gasteiger partial charge is 0.497 e. The maximum absolute atomic E-state index is 11.6. The van der Waals surface area contributed by atoms with E-state index in [2.05, 4.69) is 10.2 Å². The lowest BCUT2D eigenvalue weighted by atomic mass is 10.2. The lowest BCUT2D eigenvalue weighted by Gasteiger charge is -2.13. The van der Waals surface area contributed by atoms with Crippen molar-refractivity contribution in [3.8, 4) is 34.3 Å². The van der Waals surface area contributed by atoms with Crippen LogP contribution in [0.4, 0.5) is 0 Å². The molecule has 0 saturated carbocycles. The van der Waals surface area contributed by atoms with Crippen LogP contribution in [0.25, 0.3) is 17.1 Å². The number of carbonyl (C=O) groups excluding carboxylic acids is 1. The first-order chi connectivity index (χ1) is 14.1. The van der Waals surface area contributed by atoms with E-state index in [0.717, 1.165) is 17.0 Å². The van der Waals surface area contributed by atoms with Crippen LogP contribution in [-0.4, -0.2) is 54.9 Å². The predicted molar refractivity (Wildman–Crippen MR) is 109 cm³/mol. The molecule has 0 unspecified atom stereocenters. The molecule has 1 aromatic heterocycles. The van der Waals surface area contributed by atoms with Crippen molar-refractivity contribution < 1.29 is 23.7 Å². The Labute approximate surface area is 172 Å². The van der Waals surface area contributed by atoms with Gasteiger partial charge in [-0.15, -0.1) is 10.2 Å². The van der Waals surface area contributed by atoms with E-state index in [4.69, 9.17) is 18.9 Å². The van der Waals surface area contributed by atoms with Crippen LogP contribution in [0, 0.1) is 0 Å². The molecule has 0 spiro atoms. The number of esters is 1. The van der Waals surface area contributed by atoms with Gasteiger partial charge in [-0.1, -0.05) is 11.8 Å². The molecular formula is C20H21N3O5S. The van der Waals surface area contributed by atoms with E-state index in [9.17, 15) is 4.79 Å². The van der Waals surface area contributed by atoms with Gasteiger partial charge in [0.2, 0.25) is 0 Å². The van der Waals surface area contributed by atoms with Crippen LogP contribution in [-0.2, 0) is 9.53 Å². The lowest BCUT2D eigenvalue weighted by Crippen LogP contribution is -2.05. The highest BCUT2D eigenvalue weighted by molar-refractivity contribution is 7.99. The normalized spacial score (nSPS) is 10.5. The summed E-state index contributed by atoms with van der Waals surface area (Å²) in [4.78, 5) is 11.6. The Morgan fingerprint density at radius 3 is 2.28 bits per heavy atom. The van der Waals surface area contributed by atoms with Crippen LogP contribution in [0.15, 0.2) is 47.6 Å². The van der Waals surface area contributed by atoms with E-state index in [0.29, 0.717) is 22.5 Å². The van der Waals surface area contributed by atoms with Crippen LogP contribution < -0.4 is 14.2 Å². The molecule has 0 fully saturated rings. The fraction of sp³-hybridized carbons (Fsp3) is 0.250. The van der Waals surface area contributed by atoms with E-state index in [-0.39, 0.29) is 11.7 Å². The maximum Gasteiger partial charge on any atom is 0.316 e. The monoisotopic (exact) mass is 415 g/mol. The fourth-order valence-corrected chi connectivity index (χ4v) is 3.46. The average molecular weight is 415 g/mol. The number of nitrogens with zero attached hydrogens (tertiary/aromatic N) is 3. The van der Waals surface area contributed by atoms with Crippen molar-refractivity contribution in [2.75, 3.05) is 34.2 Å². The Balaban J connectivity index is 2.09. The van der Waals surface area contributed by atoms with Crippen molar-refractivity contribution >= 4 is 17.7 Å². The molecule has 0 atom stereocenters. The molecule has 3 aromatic rings. The van der Waals surface area contributed by atoms with E-state index >= 15 is 0 Å². The average Bonchev–Trinajstić information content (AvgIpc) is 3.20. The van der Waals surface area contributed by atoms with Crippen LogP contribution in [0.3, 0.4) is 0 Å². The number of methoxy groups -OCH3 is 4. The third-order valence-corrected chi connectivity index (χ3v) is 5.05. The molecule has 0 aliphatic carbocycles. The third-order valence-electron chi connectivity index (χ3n) is 4.15. The summed E-state index contributed by atoms with van der Waals surface area (Å²) in [5, 5.41) is 9.19. The summed E-state index contributed by atoms with van der Waals surface area (Å²) in [6.07, 6.45) is 0. The number of hydrogen-bond acceptors (Lipinski definition) is 8. The Morgan fingerprint density at radius 2 is 1.66 bits per heavy atom. The van der Waals surface area contributed by atoms with Gasteiger partial charge < -0.3 is 18.9 Å². The van der Waals surface area contributed by atoms with Gasteiger partial charge in [0.15, 0.2) is 22.5 Å². The number of hydrogen-bond donors (Lipinski definition) is 0. The van der Waals surface area contributed by atoms with Gasteiger partial charge in [-0.05, 0) is 42.5 Å². The van der Waals surface area contributed by atoms with Gasteiger partial charge in [0.1, 0.15) is 5.75 Å². The summed E-state index contributed by atoms with van der Waals surface area (Å²) in [7, 11) is 6.12. The fourth-order valence-electron chi connectivity index (χ4n) is 2.67. The van der Waals surface area contributed by atoms with E-state index in [1.165, 1.54) is 18.9 Å². The minimum absolute atomic E-state index is 0.122. The molecule has 0 saturated heterocycles. The SMILES string of the molecule is COC(=O)CSc1nnc(-c2ccc(OC)c(OC)c2)n1-c1ccc(OC)cc1.